The van der Waals surface area contributed by atoms with E-state index in [9.17, 15) is 4.79 Å². The molecule has 0 saturated heterocycles. The molecule has 140 valence electrons. The van der Waals surface area contributed by atoms with E-state index in [1.54, 1.807) is 0 Å². The van der Waals surface area contributed by atoms with Crippen LogP contribution in [0.15, 0.2) is 48.5 Å². The van der Waals surface area contributed by atoms with Gasteiger partial charge in [0, 0.05) is 18.7 Å². The molecule has 0 unspecified atom stereocenters. The van der Waals surface area contributed by atoms with E-state index in [2.05, 4.69) is 54.3 Å². The quantitative estimate of drug-likeness (QED) is 0.657. The van der Waals surface area contributed by atoms with Gasteiger partial charge < -0.3 is 4.90 Å². The zero-order valence-corrected chi connectivity index (χ0v) is 16.3. The molecule has 0 N–H and O–H groups in total. The predicted molar refractivity (Wildman–Crippen MR) is 110 cm³/mol. The minimum atomic E-state index is 0.167. The van der Waals surface area contributed by atoms with Crippen molar-refractivity contribution in [3.05, 3.63) is 82.2 Å². The van der Waals surface area contributed by atoms with Gasteiger partial charge >= 0.3 is 0 Å². The lowest BCUT2D eigenvalue weighted by Crippen LogP contribution is -2.25. The van der Waals surface area contributed by atoms with Gasteiger partial charge in [-0.25, -0.2) is 9.97 Å². The Bertz CT molecular complexity index is 1090. The van der Waals surface area contributed by atoms with Crippen LogP contribution in [0.4, 0.5) is 11.6 Å². The van der Waals surface area contributed by atoms with E-state index in [4.69, 9.17) is 9.97 Å². The summed E-state index contributed by atoms with van der Waals surface area (Å²) in [4.78, 5) is 24.8. The van der Waals surface area contributed by atoms with Crippen LogP contribution in [0.5, 0.6) is 0 Å². The lowest BCUT2D eigenvalue weighted by molar-refractivity contribution is 0.0962. The normalized spacial score (nSPS) is 18.1. The number of nitrogens with zero attached hydrogens (tertiary/aromatic N) is 3. The fourth-order valence-electron chi connectivity index (χ4n) is 4.69. The van der Waals surface area contributed by atoms with Gasteiger partial charge in [0.05, 0.1) is 17.0 Å². The van der Waals surface area contributed by atoms with Crippen LogP contribution < -0.4 is 4.90 Å². The van der Waals surface area contributed by atoms with Gasteiger partial charge in [-0.2, -0.15) is 0 Å². The summed E-state index contributed by atoms with van der Waals surface area (Å²) in [7, 11) is 0. The molecule has 2 heterocycles. The van der Waals surface area contributed by atoms with Crippen LogP contribution in [0.2, 0.25) is 0 Å². The monoisotopic (exact) mass is 369 g/mol. The second-order valence-electron chi connectivity index (χ2n) is 7.85. The minimum absolute atomic E-state index is 0.167. The molecule has 2 aromatic carbocycles. The van der Waals surface area contributed by atoms with Crippen LogP contribution in [0, 0.1) is 13.8 Å². The zero-order chi connectivity index (χ0) is 19.3. The summed E-state index contributed by atoms with van der Waals surface area (Å²) in [6.07, 6.45) is 2.33. The average molecular weight is 369 g/mol. The molecule has 4 heteroatoms. The number of rotatable bonds is 2. The van der Waals surface area contributed by atoms with Gasteiger partial charge in [0.1, 0.15) is 0 Å². The van der Waals surface area contributed by atoms with E-state index in [-0.39, 0.29) is 11.7 Å². The molecule has 0 amide bonds. The first-order valence-electron chi connectivity index (χ1n) is 9.93. The number of hydrogen-bond acceptors (Lipinski definition) is 4. The third-order valence-corrected chi connectivity index (χ3v) is 6.06. The number of hydrogen-bond donors (Lipinski definition) is 0. The van der Waals surface area contributed by atoms with E-state index < -0.39 is 0 Å². The Hall–Kier alpha value is -3.01. The van der Waals surface area contributed by atoms with Crippen molar-refractivity contribution >= 4 is 17.4 Å². The fourth-order valence-corrected chi connectivity index (χ4v) is 4.69. The van der Waals surface area contributed by atoms with E-state index in [0.29, 0.717) is 6.42 Å². The summed E-state index contributed by atoms with van der Waals surface area (Å²) in [5.74, 6) is 1.08. The van der Waals surface area contributed by atoms with Crippen molar-refractivity contribution in [1.29, 1.82) is 0 Å². The van der Waals surface area contributed by atoms with Gasteiger partial charge in [-0.15, -0.1) is 0 Å². The molecule has 28 heavy (non-hydrogen) atoms. The first-order valence-corrected chi connectivity index (χ1v) is 9.93. The molecule has 0 saturated carbocycles. The third-order valence-electron chi connectivity index (χ3n) is 6.06. The van der Waals surface area contributed by atoms with Crippen LogP contribution in [0.1, 0.15) is 50.8 Å². The zero-order valence-electron chi connectivity index (χ0n) is 16.3. The van der Waals surface area contributed by atoms with Crippen LogP contribution in [0.3, 0.4) is 0 Å². The molecule has 5 rings (SSSR count). The lowest BCUT2D eigenvalue weighted by atomic mass is 9.80. The van der Waals surface area contributed by atoms with Crippen molar-refractivity contribution in [2.24, 2.45) is 0 Å². The number of para-hydroxylation sites is 1. The summed E-state index contributed by atoms with van der Waals surface area (Å²) < 4.78 is 0. The summed E-state index contributed by atoms with van der Waals surface area (Å²) >= 11 is 0. The second kappa shape index (κ2) is 6.55. The van der Waals surface area contributed by atoms with Crippen LogP contribution in [0.25, 0.3) is 0 Å². The number of carbonyl (C=O) groups is 1. The Morgan fingerprint density at radius 2 is 1.75 bits per heavy atom. The number of carbonyl (C=O) groups excluding carboxylic acids is 1. The first-order chi connectivity index (χ1) is 13.6. The summed E-state index contributed by atoms with van der Waals surface area (Å²) in [5, 5.41) is 0. The Labute approximate surface area is 165 Å². The lowest BCUT2D eigenvalue weighted by Gasteiger charge is -2.27. The van der Waals surface area contributed by atoms with E-state index in [1.807, 2.05) is 13.0 Å². The highest BCUT2D eigenvalue weighted by Crippen LogP contribution is 2.37. The molecule has 1 aromatic heterocycles. The smallest absolute Gasteiger partial charge is 0.230 e. The molecule has 0 fully saturated rings. The number of aromatic nitrogens is 2. The molecular weight excluding hydrogens is 346 g/mol. The fraction of sp³-hybridized carbons (Fsp3) is 0.292. The van der Waals surface area contributed by atoms with Crippen molar-refractivity contribution < 1.29 is 4.79 Å². The maximum Gasteiger partial charge on any atom is 0.230 e. The minimum Gasteiger partial charge on any atom is -0.310 e. The second-order valence-corrected chi connectivity index (χ2v) is 7.85. The van der Waals surface area contributed by atoms with Gasteiger partial charge in [-0.1, -0.05) is 42.5 Å². The third kappa shape index (κ3) is 2.71. The Kier molecular flexibility index (Phi) is 4.00. The number of fused-ring (bicyclic) bond motifs is 2. The highest BCUT2D eigenvalue weighted by Gasteiger charge is 2.32. The average Bonchev–Trinajstić information content (AvgIpc) is 3.12. The number of aryl methyl sites for hydroxylation is 2. The van der Waals surface area contributed by atoms with E-state index in [1.165, 1.54) is 22.4 Å². The SMILES string of the molecule is Cc1ccccc1[C@H]1CC(=O)c2c(C)nc(N3CCc4ccccc43)nc2C1. The summed E-state index contributed by atoms with van der Waals surface area (Å²) in [6, 6.07) is 16.8. The predicted octanol–water partition coefficient (Wildman–Crippen LogP) is 4.70. The molecule has 3 aromatic rings. The van der Waals surface area contributed by atoms with Gasteiger partial charge in [0.15, 0.2) is 5.78 Å². The van der Waals surface area contributed by atoms with Crippen LogP contribution in [-0.2, 0) is 12.8 Å². The number of benzene rings is 2. The molecule has 0 spiro atoms. The van der Waals surface area contributed by atoms with Crippen LogP contribution >= 0.6 is 0 Å². The Balaban J connectivity index is 1.56. The van der Waals surface area contributed by atoms with E-state index in [0.717, 1.165) is 42.3 Å². The Morgan fingerprint density at radius 3 is 2.61 bits per heavy atom. The van der Waals surface area contributed by atoms with Crippen LogP contribution in [-0.4, -0.2) is 22.3 Å². The number of anilines is 2. The van der Waals surface area contributed by atoms with Gasteiger partial charge in [-0.3, -0.25) is 4.79 Å². The molecule has 1 atom stereocenters. The molecule has 4 nitrogen and oxygen atoms in total. The molecule has 2 aliphatic rings. The van der Waals surface area contributed by atoms with Crippen molar-refractivity contribution in [2.75, 3.05) is 11.4 Å². The molecule has 0 bridgehead atoms. The number of ketones is 1. The number of Topliss-reactive ketones (excluding diaryl/α,β-unsaturated/α-hetero) is 1. The van der Waals surface area contributed by atoms with Gasteiger partial charge in [0.25, 0.3) is 0 Å². The van der Waals surface area contributed by atoms with Gasteiger partial charge in [0.2, 0.25) is 5.95 Å². The van der Waals surface area contributed by atoms with Crippen molar-refractivity contribution in [2.45, 2.75) is 39.0 Å². The highest BCUT2D eigenvalue weighted by atomic mass is 16.1. The summed E-state index contributed by atoms with van der Waals surface area (Å²) in [6.45, 7) is 4.94. The van der Waals surface area contributed by atoms with Gasteiger partial charge in [-0.05, 0) is 55.4 Å². The first kappa shape index (κ1) is 17.1. The van der Waals surface area contributed by atoms with Crippen molar-refractivity contribution in [3.63, 3.8) is 0 Å². The highest BCUT2D eigenvalue weighted by molar-refractivity contribution is 6.00. The molecule has 1 aliphatic heterocycles. The molecule has 1 aliphatic carbocycles. The van der Waals surface area contributed by atoms with Crippen molar-refractivity contribution in [3.8, 4) is 0 Å². The van der Waals surface area contributed by atoms with E-state index >= 15 is 0 Å². The maximum absolute atomic E-state index is 12.9. The summed E-state index contributed by atoms with van der Waals surface area (Å²) in [5.41, 5.74) is 7.44. The molecule has 0 radical (unpaired) electrons. The standard InChI is InChI=1S/C24H23N3O/c1-15-7-3-5-9-19(15)18-13-20-23(22(28)14-18)16(2)25-24(26-20)27-12-11-17-8-4-6-10-21(17)27/h3-10,18H,11-14H2,1-2H3/t18-/m1/s1. The largest absolute Gasteiger partial charge is 0.310 e. The maximum atomic E-state index is 12.9. The Morgan fingerprint density at radius 1 is 0.964 bits per heavy atom. The molecular formula is C24H23N3O. The van der Waals surface area contributed by atoms with Crippen molar-refractivity contribution in [1.82, 2.24) is 9.97 Å². The topological polar surface area (TPSA) is 46.1 Å².